The van der Waals surface area contributed by atoms with E-state index in [4.69, 9.17) is 16.4 Å². The Hall–Kier alpha value is -4.00. The average Bonchev–Trinajstić information content (AvgIpc) is 3.67. The van der Waals surface area contributed by atoms with Crippen LogP contribution in [0.3, 0.4) is 0 Å². The second-order valence-electron chi connectivity index (χ2n) is 15.7. The van der Waals surface area contributed by atoms with E-state index in [-0.39, 0.29) is 49.6 Å². The molecule has 51 heavy (non-hydrogen) atoms. The first kappa shape index (κ1) is 38.2. The van der Waals surface area contributed by atoms with E-state index < -0.39 is 52.6 Å². The quantitative estimate of drug-likeness (QED) is 0.279. The standard InChI is InChI=1S/C37H51ClN6O7/c1-6-8-27(31(47)34(49)39-26-11-12-26)40-33(48)29-20-37(19-28(42-51-37)24-9-7-10-25(38)18-24)21-44(29)35(50)32(36(3,4)5)41-30(46)17-23-13-15-43(16-14-23)22(2)45/h7,9-10,18,23,26-27,29,32H,6,8,11-17,19-21H2,1-5H3,(H,39,49)(H,40,48)(H,41,46)/t27-,29-,32+,37+/m0/s1. The largest absolute Gasteiger partial charge is 0.387 e. The van der Waals surface area contributed by atoms with Crippen molar-refractivity contribution in [3.63, 3.8) is 0 Å². The van der Waals surface area contributed by atoms with Crippen LogP contribution in [0.25, 0.3) is 0 Å². The highest BCUT2D eigenvalue weighted by Gasteiger charge is 2.55. The van der Waals surface area contributed by atoms with Crippen molar-refractivity contribution in [1.82, 2.24) is 25.8 Å². The number of piperidine rings is 1. The van der Waals surface area contributed by atoms with E-state index in [0.29, 0.717) is 49.5 Å². The average molecular weight is 727 g/mol. The molecule has 0 bridgehead atoms. The summed E-state index contributed by atoms with van der Waals surface area (Å²) < 4.78 is 0. The number of halogens is 1. The normalized spacial score (nSPS) is 23.3. The van der Waals surface area contributed by atoms with Crippen LogP contribution in [0.5, 0.6) is 0 Å². The number of nitrogens with one attached hydrogen (secondary N) is 3. The summed E-state index contributed by atoms with van der Waals surface area (Å²) in [6.45, 7) is 10.1. The summed E-state index contributed by atoms with van der Waals surface area (Å²) in [5.74, 6) is -2.68. The topological polar surface area (TPSA) is 167 Å². The Labute approximate surface area is 304 Å². The molecular formula is C37H51ClN6O7. The summed E-state index contributed by atoms with van der Waals surface area (Å²) in [4.78, 5) is 89.2. The molecule has 1 aromatic rings. The molecule has 3 fully saturated rings. The van der Waals surface area contributed by atoms with E-state index in [1.807, 2.05) is 33.8 Å². The number of Topliss-reactive ketones (excluding diaryl/α,β-unsaturated/α-hetero) is 1. The predicted molar refractivity (Wildman–Crippen MR) is 191 cm³/mol. The maximum Gasteiger partial charge on any atom is 0.289 e. The number of likely N-dealkylation sites (tertiary alicyclic amines) is 2. The fraction of sp³-hybridized carbons (Fsp3) is 0.649. The minimum atomic E-state index is -1.07. The van der Waals surface area contributed by atoms with Gasteiger partial charge in [-0.05, 0) is 55.6 Å². The molecule has 0 unspecified atom stereocenters. The molecule has 1 spiro atoms. The first-order valence-corrected chi connectivity index (χ1v) is 18.5. The van der Waals surface area contributed by atoms with Gasteiger partial charge < -0.3 is 30.6 Å². The second-order valence-corrected chi connectivity index (χ2v) is 16.1. The van der Waals surface area contributed by atoms with Gasteiger partial charge in [-0.15, -0.1) is 0 Å². The van der Waals surface area contributed by atoms with Crippen LogP contribution >= 0.6 is 11.6 Å². The zero-order valence-electron chi connectivity index (χ0n) is 30.3. The van der Waals surface area contributed by atoms with Gasteiger partial charge in [0.15, 0.2) is 5.60 Å². The van der Waals surface area contributed by atoms with E-state index in [2.05, 4.69) is 21.1 Å². The third-order valence-corrected chi connectivity index (χ3v) is 10.5. The number of nitrogens with zero attached hydrogens (tertiary/aromatic N) is 3. The van der Waals surface area contributed by atoms with Crippen LogP contribution in [0.4, 0.5) is 0 Å². The van der Waals surface area contributed by atoms with Gasteiger partial charge in [-0.3, -0.25) is 28.8 Å². The third kappa shape index (κ3) is 9.46. The molecule has 3 heterocycles. The molecule has 3 aliphatic heterocycles. The summed E-state index contributed by atoms with van der Waals surface area (Å²) in [7, 11) is 0. The minimum absolute atomic E-state index is 0.0119. The Morgan fingerprint density at radius 1 is 1.06 bits per heavy atom. The van der Waals surface area contributed by atoms with Gasteiger partial charge in [0.1, 0.15) is 12.1 Å². The molecular weight excluding hydrogens is 676 g/mol. The molecule has 1 aliphatic carbocycles. The van der Waals surface area contributed by atoms with E-state index in [1.54, 1.807) is 23.1 Å². The fourth-order valence-corrected chi connectivity index (χ4v) is 7.36. The molecule has 5 amide bonds. The number of hydrogen-bond donors (Lipinski definition) is 3. The molecule has 1 aromatic carbocycles. The molecule has 14 heteroatoms. The van der Waals surface area contributed by atoms with Crippen LogP contribution in [-0.4, -0.2) is 100 Å². The Bertz CT molecular complexity index is 1560. The lowest BCUT2D eigenvalue weighted by atomic mass is 9.85. The van der Waals surface area contributed by atoms with Gasteiger partial charge >= 0.3 is 0 Å². The number of oxime groups is 1. The maximum absolute atomic E-state index is 14.6. The van der Waals surface area contributed by atoms with Gasteiger partial charge in [0.25, 0.3) is 5.91 Å². The zero-order valence-corrected chi connectivity index (χ0v) is 31.0. The van der Waals surface area contributed by atoms with Crippen LogP contribution in [0, 0.1) is 11.3 Å². The molecule has 1 saturated carbocycles. The van der Waals surface area contributed by atoms with Crippen LogP contribution in [-0.2, 0) is 33.6 Å². The Morgan fingerprint density at radius 2 is 1.76 bits per heavy atom. The lowest BCUT2D eigenvalue weighted by molar-refractivity contribution is -0.145. The van der Waals surface area contributed by atoms with Crippen molar-refractivity contribution in [1.29, 1.82) is 0 Å². The zero-order chi connectivity index (χ0) is 37.1. The van der Waals surface area contributed by atoms with E-state index >= 15 is 0 Å². The smallest absolute Gasteiger partial charge is 0.289 e. The lowest BCUT2D eigenvalue weighted by Crippen LogP contribution is -2.59. The molecule has 2 saturated heterocycles. The van der Waals surface area contributed by atoms with Crippen molar-refractivity contribution >= 4 is 52.6 Å². The third-order valence-electron chi connectivity index (χ3n) is 10.3. The highest BCUT2D eigenvalue weighted by molar-refractivity contribution is 6.38. The SMILES string of the molecule is CCC[C@H](NC(=O)[C@@H]1C[C@]2(CC(c3cccc(Cl)c3)=NO2)CN1C(=O)[C@@H](NC(=O)CC1CCN(C(C)=O)CC1)C(C)(C)C)C(=O)C(=O)NC1CC1. The Morgan fingerprint density at radius 3 is 2.37 bits per heavy atom. The highest BCUT2D eigenvalue weighted by atomic mass is 35.5. The Kier molecular flexibility index (Phi) is 11.8. The van der Waals surface area contributed by atoms with Crippen LogP contribution in [0.15, 0.2) is 29.4 Å². The number of ketones is 1. The molecule has 0 aromatic heterocycles. The lowest BCUT2D eigenvalue weighted by Gasteiger charge is -2.36. The second kappa shape index (κ2) is 15.7. The first-order chi connectivity index (χ1) is 24.1. The van der Waals surface area contributed by atoms with E-state index in [1.165, 1.54) is 11.8 Å². The van der Waals surface area contributed by atoms with Gasteiger partial charge in [-0.1, -0.05) is 63.0 Å². The minimum Gasteiger partial charge on any atom is -0.387 e. The van der Waals surface area contributed by atoms with Crippen LogP contribution < -0.4 is 16.0 Å². The van der Waals surface area contributed by atoms with Gasteiger partial charge in [-0.2, -0.15) is 0 Å². The van der Waals surface area contributed by atoms with E-state index in [9.17, 15) is 28.8 Å². The van der Waals surface area contributed by atoms with Gasteiger partial charge in [0, 0.05) is 55.9 Å². The summed E-state index contributed by atoms with van der Waals surface area (Å²) in [6, 6.07) is 4.05. The molecule has 4 aliphatic rings. The van der Waals surface area contributed by atoms with Crippen LogP contribution in [0.1, 0.15) is 98.0 Å². The molecule has 278 valence electrons. The Balaban J connectivity index is 1.36. The van der Waals surface area contributed by atoms with E-state index in [0.717, 1.165) is 18.4 Å². The van der Waals surface area contributed by atoms with Crippen molar-refractivity contribution < 1.29 is 33.6 Å². The molecule has 5 rings (SSSR count). The molecule has 13 nitrogen and oxygen atoms in total. The molecule has 0 radical (unpaired) electrons. The van der Waals surface area contributed by atoms with Gasteiger partial charge in [0.05, 0.1) is 18.3 Å². The number of carbonyl (C=O) groups is 6. The van der Waals surface area contributed by atoms with Crippen molar-refractivity contribution in [2.75, 3.05) is 19.6 Å². The fourth-order valence-electron chi connectivity index (χ4n) is 7.17. The van der Waals surface area contributed by atoms with Crippen LogP contribution in [0.2, 0.25) is 5.02 Å². The first-order valence-electron chi connectivity index (χ1n) is 18.1. The van der Waals surface area contributed by atoms with Crippen molar-refractivity contribution in [2.45, 2.75) is 122 Å². The van der Waals surface area contributed by atoms with Crippen molar-refractivity contribution in [2.24, 2.45) is 16.5 Å². The predicted octanol–water partition coefficient (Wildman–Crippen LogP) is 3.12. The summed E-state index contributed by atoms with van der Waals surface area (Å²) >= 11 is 6.25. The number of benzene rings is 1. The number of amides is 5. The number of hydrogen-bond acceptors (Lipinski definition) is 8. The maximum atomic E-state index is 14.6. The number of carbonyl (C=O) groups excluding carboxylic acids is 6. The van der Waals surface area contributed by atoms with Crippen molar-refractivity contribution in [3.8, 4) is 0 Å². The highest BCUT2D eigenvalue weighted by Crippen LogP contribution is 2.40. The molecule has 3 N–H and O–H groups in total. The summed E-state index contributed by atoms with van der Waals surface area (Å²) in [6.07, 6.45) is 4.40. The number of rotatable bonds is 12. The van der Waals surface area contributed by atoms with Gasteiger partial charge in [0.2, 0.25) is 29.4 Å². The van der Waals surface area contributed by atoms with Gasteiger partial charge in [-0.25, -0.2) is 0 Å². The monoisotopic (exact) mass is 726 g/mol. The molecule has 4 atom stereocenters. The summed E-state index contributed by atoms with van der Waals surface area (Å²) in [5, 5.41) is 13.4. The van der Waals surface area contributed by atoms with Crippen molar-refractivity contribution in [3.05, 3.63) is 34.9 Å². The summed E-state index contributed by atoms with van der Waals surface area (Å²) in [5.41, 5.74) is -0.394.